The van der Waals surface area contributed by atoms with Crippen LogP contribution in [0.25, 0.3) is 0 Å². The van der Waals surface area contributed by atoms with Gasteiger partial charge in [0.1, 0.15) is 5.76 Å². The highest BCUT2D eigenvalue weighted by Gasteiger charge is 2.05. The van der Waals surface area contributed by atoms with Crippen LogP contribution in [-0.2, 0) is 0 Å². The second-order valence-electron chi connectivity index (χ2n) is 2.00. The number of aromatic nitrogens is 1. The maximum atomic E-state index is 4.89. The molecule has 1 aromatic rings. The molecular formula is C6H9NOS. The minimum absolute atomic E-state index is 0.371. The fourth-order valence-corrected chi connectivity index (χ4v) is 0.750. The molecule has 50 valence electrons. The van der Waals surface area contributed by atoms with Crippen LogP contribution in [0.2, 0.25) is 0 Å². The van der Waals surface area contributed by atoms with Crippen molar-refractivity contribution in [1.29, 1.82) is 0 Å². The lowest BCUT2D eigenvalue weighted by Gasteiger charge is -1.98. The van der Waals surface area contributed by atoms with Gasteiger partial charge in [0, 0.05) is 12.0 Å². The molecule has 1 atom stereocenters. The zero-order chi connectivity index (χ0) is 6.69. The summed E-state index contributed by atoms with van der Waals surface area (Å²) in [5.41, 5.74) is 0. The van der Waals surface area contributed by atoms with Crippen molar-refractivity contribution < 1.29 is 4.52 Å². The van der Waals surface area contributed by atoms with Crippen molar-refractivity contribution in [1.82, 2.24) is 5.16 Å². The largest absolute Gasteiger partial charge is 0.361 e. The third-order valence-electron chi connectivity index (χ3n) is 1.22. The SMILES string of the molecule is CC(CS)c1ccno1. The number of nitrogens with zero attached hydrogens (tertiary/aromatic N) is 1. The quantitative estimate of drug-likeness (QED) is 0.638. The Labute approximate surface area is 59.6 Å². The lowest BCUT2D eigenvalue weighted by Crippen LogP contribution is -1.90. The Kier molecular flexibility index (Phi) is 2.16. The van der Waals surface area contributed by atoms with Gasteiger partial charge in [0.2, 0.25) is 0 Å². The molecule has 0 spiro atoms. The highest BCUT2D eigenvalue weighted by Crippen LogP contribution is 2.14. The summed E-state index contributed by atoms with van der Waals surface area (Å²) in [6.07, 6.45) is 1.65. The third kappa shape index (κ3) is 1.48. The molecule has 0 aromatic carbocycles. The lowest BCUT2D eigenvalue weighted by atomic mass is 10.2. The molecular weight excluding hydrogens is 134 g/mol. The van der Waals surface area contributed by atoms with E-state index in [2.05, 4.69) is 17.8 Å². The van der Waals surface area contributed by atoms with Crippen molar-refractivity contribution in [2.45, 2.75) is 12.8 Å². The molecule has 3 heteroatoms. The standard InChI is InChI=1S/C6H9NOS/c1-5(4-9)6-2-3-7-8-6/h2-3,5,9H,4H2,1H3. The summed E-state index contributed by atoms with van der Waals surface area (Å²) in [6, 6.07) is 1.86. The van der Waals surface area contributed by atoms with Gasteiger partial charge in [-0.25, -0.2) is 0 Å². The normalized spacial score (nSPS) is 13.6. The summed E-state index contributed by atoms with van der Waals surface area (Å²) in [7, 11) is 0. The molecule has 0 radical (unpaired) electrons. The van der Waals surface area contributed by atoms with Crippen LogP contribution >= 0.6 is 12.6 Å². The first kappa shape index (κ1) is 6.68. The fourth-order valence-electron chi connectivity index (χ4n) is 0.570. The first-order valence-electron chi connectivity index (χ1n) is 2.86. The molecule has 1 unspecified atom stereocenters. The molecule has 9 heavy (non-hydrogen) atoms. The van der Waals surface area contributed by atoms with Gasteiger partial charge in [-0.2, -0.15) is 12.6 Å². The molecule has 0 fully saturated rings. The van der Waals surface area contributed by atoms with Gasteiger partial charge in [-0.1, -0.05) is 12.1 Å². The van der Waals surface area contributed by atoms with E-state index in [1.165, 1.54) is 0 Å². The van der Waals surface area contributed by atoms with Crippen LogP contribution in [0.5, 0.6) is 0 Å². The van der Waals surface area contributed by atoms with Gasteiger partial charge in [-0.15, -0.1) is 0 Å². The highest BCUT2D eigenvalue weighted by atomic mass is 32.1. The number of hydrogen-bond acceptors (Lipinski definition) is 3. The first-order valence-corrected chi connectivity index (χ1v) is 3.49. The average Bonchev–Trinajstić information content (AvgIpc) is 2.37. The Bertz CT molecular complexity index is 162. The summed E-state index contributed by atoms with van der Waals surface area (Å²) < 4.78 is 4.89. The van der Waals surface area contributed by atoms with E-state index in [0.29, 0.717) is 5.92 Å². The predicted octanol–water partition coefficient (Wildman–Crippen LogP) is 1.71. The zero-order valence-electron chi connectivity index (χ0n) is 5.24. The van der Waals surface area contributed by atoms with Gasteiger partial charge in [0.25, 0.3) is 0 Å². The number of thiol groups is 1. The lowest BCUT2D eigenvalue weighted by molar-refractivity contribution is 0.372. The topological polar surface area (TPSA) is 26.0 Å². The smallest absolute Gasteiger partial charge is 0.140 e. The molecule has 0 amide bonds. The molecule has 0 bridgehead atoms. The van der Waals surface area contributed by atoms with Crippen LogP contribution in [0.1, 0.15) is 18.6 Å². The molecule has 1 heterocycles. The Balaban J connectivity index is 2.65. The fraction of sp³-hybridized carbons (Fsp3) is 0.500. The second-order valence-corrected chi connectivity index (χ2v) is 2.36. The number of rotatable bonds is 2. The summed E-state index contributed by atoms with van der Waals surface area (Å²) in [4.78, 5) is 0. The summed E-state index contributed by atoms with van der Waals surface area (Å²) in [5.74, 6) is 2.08. The Morgan fingerprint density at radius 3 is 3.11 bits per heavy atom. The van der Waals surface area contributed by atoms with Crippen LogP contribution in [0.15, 0.2) is 16.8 Å². The van der Waals surface area contributed by atoms with E-state index in [1.54, 1.807) is 6.20 Å². The van der Waals surface area contributed by atoms with Crippen LogP contribution in [0.3, 0.4) is 0 Å². The first-order chi connectivity index (χ1) is 4.34. The van der Waals surface area contributed by atoms with Crippen LogP contribution in [0.4, 0.5) is 0 Å². The average molecular weight is 143 g/mol. The van der Waals surface area contributed by atoms with E-state index in [9.17, 15) is 0 Å². The Hall–Kier alpha value is -0.440. The summed E-state index contributed by atoms with van der Waals surface area (Å²) in [6.45, 7) is 2.05. The molecule has 0 saturated carbocycles. The molecule has 0 aliphatic heterocycles. The van der Waals surface area contributed by atoms with E-state index >= 15 is 0 Å². The molecule has 0 saturated heterocycles. The molecule has 2 nitrogen and oxygen atoms in total. The molecule has 0 N–H and O–H groups in total. The van der Waals surface area contributed by atoms with Crippen molar-refractivity contribution in [2.24, 2.45) is 0 Å². The molecule has 0 aliphatic rings. The second kappa shape index (κ2) is 2.92. The van der Waals surface area contributed by atoms with Crippen molar-refractivity contribution in [2.75, 3.05) is 5.75 Å². The maximum absolute atomic E-state index is 4.89. The van der Waals surface area contributed by atoms with Crippen LogP contribution < -0.4 is 0 Å². The zero-order valence-corrected chi connectivity index (χ0v) is 6.14. The number of hydrogen-bond donors (Lipinski definition) is 1. The van der Waals surface area contributed by atoms with E-state index in [0.717, 1.165) is 11.5 Å². The van der Waals surface area contributed by atoms with Gasteiger partial charge in [-0.3, -0.25) is 0 Å². The summed E-state index contributed by atoms with van der Waals surface area (Å²) in [5, 5.41) is 3.58. The molecule has 1 rings (SSSR count). The van der Waals surface area contributed by atoms with Gasteiger partial charge < -0.3 is 4.52 Å². The van der Waals surface area contributed by atoms with Crippen molar-refractivity contribution >= 4 is 12.6 Å². The predicted molar refractivity (Wildman–Crippen MR) is 38.8 cm³/mol. The van der Waals surface area contributed by atoms with Gasteiger partial charge >= 0.3 is 0 Å². The minimum Gasteiger partial charge on any atom is -0.361 e. The third-order valence-corrected chi connectivity index (χ3v) is 1.77. The van der Waals surface area contributed by atoms with E-state index in [-0.39, 0.29) is 0 Å². The minimum atomic E-state index is 0.371. The summed E-state index contributed by atoms with van der Waals surface area (Å²) >= 11 is 4.11. The van der Waals surface area contributed by atoms with Gasteiger partial charge in [-0.05, 0) is 5.75 Å². The van der Waals surface area contributed by atoms with E-state index in [4.69, 9.17) is 4.52 Å². The van der Waals surface area contributed by atoms with Crippen molar-refractivity contribution in [3.63, 3.8) is 0 Å². The maximum Gasteiger partial charge on any atom is 0.140 e. The van der Waals surface area contributed by atoms with Gasteiger partial charge in [0.05, 0.1) is 6.20 Å². The Morgan fingerprint density at radius 1 is 1.89 bits per heavy atom. The van der Waals surface area contributed by atoms with Crippen molar-refractivity contribution in [3.05, 3.63) is 18.0 Å². The van der Waals surface area contributed by atoms with Crippen LogP contribution in [-0.4, -0.2) is 10.9 Å². The van der Waals surface area contributed by atoms with Crippen molar-refractivity contribution in [3.8, 4) is 0 Å². The van der Waals surface area contributed by atoms with Gasteiger partial charge in [0.15, 0.2) is 0 Å². The Morgan fingerprint density at radius 2 is 2.67 bits per heavy atom. The van der Waals surface area contributed by atoms with Crippen LogP contribution in [0, 0.1) is 0 Å². The van der Waals surface area contributed by atoms with E-state index < -0.39 is 0 Å². The molecule has 0 aliphatic carbocycles. The highest BCUT2D eigenvalue weighted by molar-refractivity contribution is 7.80. The van der Waals surface area contributed by atoms with E-state index in [1.807, 2.05) is 13.0 Å². The monoisotopic (exact) mass is 143 g/mol. The molecule has 1 aromatic heterocycles.